The SMILES string of the molecule is NC(=O)C1(c2ccc(-c3ccc([C@@H](O)C(F)(F)F)cc3)c(F)c2)CC1. The Balaban J connectivity index is 1.89. The van der Waals surface area contributed by atoms with E-state index in [4.69, 9.17) is 5.73 Å². The first-order valence-electron chi connectivity index (χ1n) is 7.60. The van der Waals surface area contributed by atoms with Crippen LogP contribution in [0.5, 0.6) is 0 Å². The topological polar surface area (TPSA) is 63.3 Å². The van der Waals surface area contributed by atoms with Gasteiger partial charge in [0.1, 0.15) is 5.82 Å². The zero-order valence-corrected chi connectivity index (χ0v) is 13.0. The molecule has 3 rings (SSSR count). The number of primary amides is 1. The largest absolute Gasteiger partial charge is 0.418 e. The number of halogens is 4. The van der Waals surface area contributed by atoms with Gasteiger partial charge in [-0.05, 0) is 35.6 Å². The van der Waals surface area contributed by atoms with Crippen LogP contribution in [0.4, 0.5) is 17.6 Å². The fourth-order valence-electron chi connectivity index (χ4n) is 2.88. The zero-order valence-electron chi connectivity index (χ0n) is 13.0. The Morgan fingerprint density at radius 1 is 1.12 bits per heavy atom. The molecular formula is C18H15F4NO2. The number of hydrogen-bond donors (Lipinski definition) is 2. The van der Waals surface area contributed by atoms with Crippen LogP contribution in [-0.2, 0) is 10.2 Å². The van der Waals surface area contributed by atoms with Gasteiger partial charge < -0.3 is 10.8 Å². The molecular weight excluding hydrogens is 338 g/mol. The van der Waals surface area contributed by atoms with Crippen molar-refractivity contribution in [1.82, 2.24) is 0 Å². The van der Waals surface area contributed by atoms with Crippen molar-refractivity contribution in [3.05, 3.63) is 59.4 Å². The Labute approximate surface area is 141 Å². The number of alkyl halides is 3. The van der Waals surface area contributed by atoms with Crippen LogP contribution in [0.2, 0.25) is 0 Å². The summed E-state index contributed by atoms with van der Waals surface area (Å²) in [7, 11) is 0. The van der Waals surface area contributed by atoms with Crippen molar-refractivity contribution in [3.8, 4) is 11.1 Å². The first kappa shape index (κ1) is 17.4. The number of carbonyl (C=O) groups excluding carboxylic acids is 1. The molecule has 1 saturated carbocycles. The van der Waals surface area contributed by atoms with Crippen LogP contribution in [0, 0.1) is 5.82 Å². The van der Waals surface area contributed by atoms with Gasteiger partial charge in [0.2, 0.25) is 5.91 Å². The molecule has 0 heterocycles. The Morgan fingerprint density at radius 3 is 2.16 bits per heavy atom. The molecule has 0 bridgehead atoms. The molecule has 25 heavy (non-hydrogen) atoms. The molecule has 0 aliphatic heterocycles. The number of carbonyl (C=O) groups is 1. The molecule has 2 aromatic carbocycles. The van der Waals surface area contributed by atoms with E-state index in [2.05, 4.69) is 0 Å². The summed E-state index contributed by atoms with van der Waals surface area (Å²) in [6, 6.07) is 9.15. The minimum atomic E-state index is -4.76. The van der Waals surface area contributed by atoms with E-state index < -0.39 is 29.4 Å². The van der Waals surface area contributed by atoms with E-state index in [0.717, 1.165) is 12.1 Å². The monoisotopic (exact) mass is 353 g/mol. The summed E-state index contributed by atoms with van der Waals surface area (Å²) < 4.78 is 51.9. The van der Waals surface area contributed by atoms with Gasteiger partial charge in [-0.3, -0.25) is 4.79 Å². The second-order valence-electron chi connectivity index (χ2n) is 6.21. The van der Waals surface area contributed by atoms with E-state index in [1.807, 2.05) is 0 Å². The maximum atomic E-state index is 14.4. The van der Waals surface area contributed by atoms with Crippen molar-refractivity contribution in [2.24, 2.45) is 5.73 Å². The van der Waals surface area contributed by atoms with Crippen LogP contribution in [-0.4, -0.2) is 17.2 Å². The smallest absolute Gasteiger partial charge is 0.379 e. The quantitative estimate of drug-likeness (QED) is 0.825. The third kappa shape index (κ3) is 3.11. The fraction of sp³-hybridized carbons (Fsp3) is 0.278. The average Bonchev–Trinajstić information content (AvgIpc) is 3.35. The number of rotatable bonds is 4. The maximum absolute atomic E-state index is 14.4. The lowest BCUT2D eigenvalue weighted by atomic mass is 9.92. The number of nitrogens with two attached hydrogens (primary N) is 1. The lowest BCUT2D eigenvalue weighted by Gasteiger charge is -2.16. The van der Waals surface area contributed by atoms with Crippen LogP contribution in [0.3, 0.4) is 0 Å². The van der Waals surface area contributed by atoms with Crippen LogP contribution in [0.15, 0.2) is 42.5 Å². The second kappa shape index (κ2) is 5.84. The predicted molar refractivity (Wildman–Crippen MR) is 83.0 cm³/mol. The van der Waals surface area contributed by atoms with Crippen molar-refractivity contribution in [1.29, 1.82) is 0 Å². The van der Waals surface area contributed by atoms with Gasteiger partial charge in [-0.2, -0.15) is 13.2 Å². The van der Waals surface area contributed by atoms with Crippen molar-refractivity contribution < 1.29 is 27.5 Å². The molecule has 132 valence electrons. The summed E-state index contributed by atoms with van der Waals surface area (Å²) >= 11 is 0. The van der Waals surface area contributed by atoms with E-state index in [-0.39, 0.29) is 11.1 Å². The molecule has 0 saturated heterocycles. The molecule has 3 nitrogen and oxygen atoms in total. The lowest BCUT2D eigenvalue weighted by molar-refractivity contribution is -0.206. The van der Waals surface area contributed by atoms with Gasteiger partial charge in [-0.25, -0.2) is 4.39 Å². The molecule has 1 atom stereocenters. The maximum Gasteiger partial charge on any atom is 0.418 e. The van der Waals surface area contributed by atoms with E-state index in [1.165, 1.54) is 24.3 Å². The van der Waals surface area contributed by atoms with Gasteiger partial charge in [-0.15, -0.1) is 0 Å². The summed E-state index contributed by atoms with van der Waals surface area (Å²) in [5.74, 6) is -1.08. The minimum absolute atomic E-state index is 0.192. The first-order valence-corrected chi connectivity index (χ1v) is 7.60. The first-order chi connectivity index (χ1) is 11.6. The molecule has 0 aromatic heterocycles. The number of benzene rings is 2. The van der Waals surface area contributed by atoms with E-state index in [9.17, 15) is 27.5 Å². The van der Waals surface area contributed by atoms with Crippen LogP contribution >= 0.6 is 0 Å². The minimum Gasteiger partial charge on any atom is -0.379 e. The molecule has 1 aliphatic rings. The van der Waals surface area contributed by atoms with Crippen molar-refractivity contribution in [2.75, 3.05) is 0 Å². The second-order valence-corrected chi connectivity index (χ2v) is 6.21. The molecule has 7 heteroatoms. The van der Waals surface area contributed by atoms with E-state index in [0.29, 0.717) is 24.0 Å². The molecule has 2 aromatic rings. The fourth-order valence-corrected chi connectivity index (χ4v) is 2.88. The Bertz CT molecular complexity index is 811. The Morgan fingerprint density at radius 2 is 1.72 bits per heavy atom. The predicted octanol–water partition coefficient (Wildman–Crippen LogP) is 3.61. The van der Waals surface area contributed by atoms with E-state index >= 15 is 0 Å². The normalized spacial score (nSPS) is 17.2. The third-order valence-electron chi connectivity index (χ3n) is 4.59. The summed E-state index contributed by atoms with van der Waals surface area (Å²) in [5.41, 5.74) is 5.30. The van der Waals surface area contributed by atoms with Crippen molar-refractivity contribution >= 4 is 5.91 Å². The van der Waals surface area contributed by atoms with Crippen LogP contribution < -0.4 is 5.73 Å². The highest BCUT2D eigenvalue weighted by Crippen LogP contribution is 2.48. The Hall–Kier alpha value is -2.41. The summed E-state index contributed by atoms with van der Waals surface area (Å²) in [4.78, 5) is 11.5. The number of hydrogen-bond acceptors (Lipinski definition) is 2. The Kier molecular flexibility index (Phi) is 4.07. The molecule has 3 N–H and O–H groups in total. The van der Waals surface area contributed by atoms with Gasteiger partial charge in [0.05, 0.1) is 5.41 Å². The number of amides is 1. The molecule has 1 aliphatic carbocycles. The van der Waals surface area contributed by atoms with Gasteiger partial charge in [0, 0.05) is 5.56 Å². The highest BCUT2D eigenvalue weighted by molar-refractivity contribution is 5.90. The average molecular weight is 353 g/mol. The zero-order chi connectivity index (χ0) is 18.4. The van der Waals surface area contributed by atoms with Gasteiger partial charge >= 0.3 is 6.18 Å². The molecule has 0 radical (unpaired) electrons. The summed E-state index contributed by atoms with van der Waals surface area (Å²) in [5, 5.41) is 9.22. The van der Waals surface area contributed by atoms with Crippen LogP contribution in [0.25, 0.3) is 11.1 Å². The molecule has 0 spiro atoms. The molecule has 0 unspecified atom stereocenters. The summed E-state index contributed by atoms with van der Waals surface area (Å²) in [6.45, 7) is 0. The highest BCUT2D eigenvalue weighted by atomic mass is 19.4. The standard InChI is InChI=1S/C18H15F4NO2/c19-14-9-12(17(7-8-17)16(23)25)5-6-13(14)10-1-3-11(4-2-10)15(24)18(20,21)22/h1-6,9,15,24H,7-8H2,(H2,23,25)/t15-/m1/s1. The van der Waals surface area contributed by atoms with Crippen molar-refractivity contribution in [2.45, 2.75) is 30.5 Å². The van der Waals surface area contributed by atoms with Crippen molar-refractivity contribution in [3.63, 3.8) is 0 Å². The third-order valence-corrected chi connectivity index (χ3v) is 4.59. The van der Waals surface area contributed by atoms with Gasteiger partial charge in [0.15, 0.2) is 6.10 Å². The van der Waals surface area contributed by atoms with Gasteiger partial charge in [-0.1, -0.05) is 36.4 Å². The van der Waals surface area contributed by atoms with E-state index in [1.54, 1.807) is 6.07 Å². The lowest BCUT2D eigenvalue weighted by Crippen LogP contribution is -2.28. The van der Waals surface area contributed by atoms with Crippen LogP contribution in [0.1, 0.15) is 30.1 Å². The molecule has 1 amide bonds. The number of aliphatic hydroxyl groups is 1. The molecule has 1 fully saturated rings. The van der Waals surface area contributed by atoms with Gasteiger partial charge in [0.25, 0.3) is 0 Å². The highest BCUT2D eigenvalue weighted by Gasteiger charge is 2.50. The number of aliphatic hydroxyl groups excluding tert-OH is 1. The summed E-state index contributed by atoms with van der Waals surface area (Å²) in [6.07, 6.45) is -6.20.